The molecule has 2 aromatic rings. The van der Waals surface area contributed by atoms with Crippen molar-refractivity contribution in [1.29, 1.82) is 0 Å². The highest BCUT2D eigenvalue weighted by Crippen LogP contribution is 2.19. The van der Waals surface area contributed by atoms with Gasteiger partial charge in [0.25, 0.3) is 0 Å². The van der Waals surface area contributed by atoms with Crippen LogP contribution < -0.4 is 21.1 Å². The fourth-order valence-electron chi connectivity index (χ4n) is 1.99. The number of nitrogens with one attached hydrogen (secondary N) is 2. The summed E-state index contributed by atoms with van der Waals surface area (Å²) in [6.07, 6.45) is 0. The first-order valence-corrected chi connectivity index (χ1v) is 7.19. The number of para-hydroxylation sites is 2. The highest BCUT2D eigenvalue weighted by Gasteiger charge is 2.15. The van der Waals surface area contributed by atoms with E-state index in [0.717, 1.165) is 17.0 Å². The van der Waals surface area contributed by atoms with E-state index in [1.165, 1.54) is 0 Å². The van der Waals surface area contributed by atoms with Gasteiger partial charge < -0.3 is 15.8 Å². The lowest BCUT2D eigenvalue weighted by Gasteiger charge is -2.17. The lowest BCUT2D eigenvalue weighted by molar-refractivity contribution is -0.120. The normalized spacial score (nSPS) is 11.3. The number of carbonyl (C=O) groups is 2. The zero-order chi connectivity index (χ0) is 16.7. The molecule has 0 aliphatic heterocycles. The molecular weight excluding hydrogens is 294 g/mol. The summed E-state index contributed by atoms with van der Waals surface area (Å²) in [5.41, 5.74) is 6.61. The number of carbonyl (C=O) groups excluding carboxylic acids is 2. The topological polar surface area (TPSA) is 93.4 Å². The van der Waals surface area contributed by atoms with Crippen LogP contribution in [0, 0.1) is 0 Å². The summed E-state index contributed by atoms with van der Waals surface area (Å²) in [6.45, 7) is 2.00. The summed E-state index contributed by atoms with van der Waals surface area (Å²) in [4.78, 5) is 22.5. The molecule has 3 amide bonds. The van der Waals surface area contributed by atoms with E-state index in [1.807, 2.05) is 59.9 Å². The van der Waals surface area contributed by atoms with Gasteiger partial charge in [-0.1, -0.05) is 36.4 Å². The standard InChI is InChI=1S/C17H19N3O3/c1-12(16(21)20-17(18)22)19-15-10-6-5-7-13(15)11-23-14-8-3-2-4-9-14/h2-10,12,19H,11H2,1H3,(H3,18,20,21,22). The van der Waals surface area contributed by atoms with Crippen LogP contribution in [0.4, 0.5) is 10.5 Å². The molecule has 0 spiro atoms. The zero-order valence-corrected chi connectivity index (χ0v) is 12.8. The van der Waals surface area contributed by atoms with Crippen molar-refractivity contribution in [3.05, 3.63) is 60.2 Å². The predicted octanol–water partition coefficient (Wildman–Crippen LogP) is 2.26. The smallest absolute Gasteiger partial charge is 0.318 e. The predicted molar refractivity (Wildman–Crippen MR) is 88.0 cm³/mol. The average Bonchev–Trinajstić information content (AvgIpc) is 2.54. The number of imide groups is 1. The molecule has 1 unspecified atom stereocenters. The van der Waals surface area contributed by atoms with Crippen LogP contribution in [0.15, 0.2) is 54.6 Å². The van der Waals surface area contributed by atoms with Crippen LogP contribution >= 0.6 is 0 Å². The maximum absolute atomic E-state index is 11.7. The summed E-state index contributed by atoms with van der Waals surface area (Å²) in [7, 11) is 0. The second kappa shape index (κ2) is 7.84. The third-order valence-electron chi connectivity index (χ3n) is 3.17. The Morgan fingerprint density at radius 1 is 1.09 bits per heavy atom. The molecule has 0 bridgehead atoms. The molecule has 0 heterocycles. The number of urea groups is 1. The molecule has 0 aliphatic carbocycles. The first kappa shape index (κ1) is 16.4. The van der Waals surface area contributed by atoms with Crippen molar-refractivity contribution in [2.24, 2.45) is 5.73 Å². The third-order valence-corrected chi connectivity index (χ3v) is 3.17. The Kier molecular flexibility index (Phi) is 5.57. The second-order valence-electron chi connectivity index (χ2n) is 4.98. The molecule has 2 aromatic carbocycles. The van der Waals surface area contributed by atoms with E-state index in [0.29, 0.717) is 6.61 Å². The Hall–Kier alpha value is -3.02. The maximum Gasteiger partial charge on any atom is 0.318 e. The summed E-state index contributed by atoms with van der Waals surface area (Å²) >= 11 is 0. The first-order chi connectivity index (χ1) is 11.1. The Balaban J connectivity index is 2.02. The number of hydrogen-bond acceptors (Lipinski definition) is 4. The molecule has 120 valence electrons. The van der Waals surface area contributed by atoms with Crippen molar-refractivity contribution in [3.63, 3.8) is 0 Å². The van der Waals surface area contributed by atoms with Gasteiger partial charge in [0.05, 0.1) is 0 Å². The van der Waals surface area contributed by atoms with E-state index in [1.54, 1.807) is 6.92 Å². The zero-order valence-electron chi connectivity index (χ0n) is 12.8. The van der Waals surface area contributed by atoms with Crippen LogP contribution in [0.5, 0.6) is 5.75 Å². The molecule has 0 aliphatic rings. The number of anilines is 1. The Morgan fingerprint density at radius 2 is 1.74 bits per heavy atom. The van der Waals surface area contributed by atoms with Crippen molar-refractivity contribution in [3.8, 4) is 5.75 Å². The van der Waals surface area contributed by atoms with E-state index in [9.17, 15) is 9.59 Å². The van der Waals surface area contributed by atoms with Crippen LogP contribution in [-0.2, 0) is 11.4 Å². The number of nitrogens with two attached hydrogens (primary N) is 1. The van der Waals surface area contributed by atoms with Crippen LogP contribution in [0.3, 0.4) is 0 Å². The molecule has 0 fully saturated rings. The lowest BCUT2D eigenvalue weighted by Crippen LogP contribution is -2.43. The molecule has 0 saturated heterocycles. The van der Waals surface area contributed by atoms with E-state index >= 15 is 0 Å². The molecular formula is C17H19N3O3. The lowest BCUT2D eigenvalue weighted by atomic mass is 10.1. The summed E-state index contributed by atoms with van der Waals surface area (Å²) in [6, 6.07) is 15.5. The minimum absolute atomic E-state index is 0.358. The van der Waals surface area contributed by atoms with E-state index in [-0.39, 0.29) is 0 Å². The number of ether oxygens (including phenoxy) is 1. The quantitative estimate of drug-likeness (QED) is 0.762. The van der Waals surface area contributed by atoms with Crippen molar-refractivity contribution < 1.29 is 14.3 Å². The molecule has 2 rings (SSSR count). The maximum atomic E-state index is 11.7. The number of benzene rings is 2. The Morgan fingerprint density at radius 3 is 2.43 bits per heavy atom. The van der Waals surface area contributed by atoms with Crippen molar-refractivity contribution in [2.45, 2.75) is 19.6 Å². The van der Waals surface area contributed by atoms with Gasteiger partial charge in [0.1, 0.15) is 18.4 Å². The van der Waals surface area contributed by atoms with Gasteiger partial charge in [-0.2, -0.15) is 0 Å². The van der Waals surface area contributed by atoms with Gasteiger partial charge in [-0.05, 0) is 25.1 Å². The number of hydrogen-bond donors (Lipinski definition) is 3. The van der Waals surface area contributed by atoms with Crippen LogP contribution in [0.25, 0.3) is 0 Å². The Labute approximate surface area is 134 Å². The fourth-order valence-corrected chi connectivity index (χ4v) is 1.99. The Bertz CT molecular complexity index is 674. The molecule has 0 radical (unpaired) electrons. The van der Waals surface area contributed by atoms with Gasteiger partial charge in [-0.3, -0.25) is 10.1 Å². The number of primary amides is 1. The van der Waals surface area contributed by atoms with Crippen LogP contribution in [0.1, 0.15) is 12.5 Å². The largest absolute Gasteiger partial charge is 0.489 e. The van der Waals surface area contributed by atoms with Crippen LogP contribution in [0.2, 0.25) is 0 Å². The van der Waals surface area contributed by atoms with Gasteiger partial charge in [-0.15, -0.1) is 0 Å². The van der Waals surface area contributed by atoms with Gasteiger partial charge in [0.15, 0.2) is 0 Å². The van der Waals surface area contributed by atoms with Crippen molar-refractivity contribution in [1.82, 2.24) is 5.32 Å². The summed E-state index contributed by atoms with van der Waals surface area (Å²) in [5, 5.41) is 5.10. The third kappa shape index (κ3) is 5.03. The van der Waals surface area contributed by atoms with E-state index < -0.39 is 18.0 Å². The number of amides is 3. The van der Waals surface area contributed by atoms with E-state index in [2.05, 4.69) is 5.32 Å². The minimum Gasteiger partial charge on any atom is -0.489 e. The minimum atomic E-state index is -0.871. The van der Waals surface area contributed by atoms with Gasteiger partial charge >= 0.3 is 6.03 Å². The summed E-state index contributed by atoms with van der Waals surface area (Å²) < 4.78 is 5.72. The van der Waals surface area contributed by atoms with Crippen molar-refractivity contribution >= 4 is 17.6 Å². The average molecular weight is 313 g/mol. The molecule has 0 aromatic heterocycles. The van der Waals surface area contributed by atoms with Gasteiger partial charge in [0, 0.05) is 11.3 Å². The fraction of sp³-hybridized carbons (Fsp3) is 0.176. The molecule has 6 heteroatoms. The summed E-state index contributed by atoms with van der Waals surface area (Å²) in [5.74, 6) is 0.276. The highest BCUT2D eigenvalue weighted by atomic mass is 16.5. The molecule has 0 saturated carbocycles. The SMILES string of the molecule is CC(Nc1ccccc1COc1ccccc1)C(=O)NC(N)=O. The highest BCUT2D eigenvalue weighted by molar-refractivity contribution is 5.97. The molecule has 1 atom stereocenters. The van der Waals surface area contributed by atoms with Gasteiger partial charge in [0.2, 0.25) is 5.91 Å². The molecule has 4 N–H and O–H groups in total. The second-order valence-corrected chi connectivity index (χ2v) is 4.98. The van der Waals surface area contributed by atoms with Gasteiger partial charge in [-0.25, -0.2) is 4.79 Å². The van der Waals surface area contributed by atoms with Crippen LogP contribution in [-0.4, -0.2) is 18.0 Å². The molecule has 6 nitrogen and oxygen atoms in total. The number of rotatable bonds is 6. The van der Waals surface area contributed by atoms with E-state index in [4.69, 9.17) is 10.5 Å². The van der Waals surface area contributed by atoms with Crippen molar-refractivity contribution in [2.75, 3.05) is 5.32 Å². The molecule has 23 heavy (non-hydrogen) atoms. The monoisotopic (exact) mass is 313 g/mol. The first-order valence-electron chi connectivity index (χ1n) is 7.19.